The molecule has 0 saturated heterocycles. The van der Waals surface area contributed by atoms with Crippen LogP contribution in [0.4, 0.5) is 10.1 Å². The SMILES string of the molecule is COc1cc(NC(C)c2ccc(F)c(Br)c2)cc(OC)c1. The molecule has 0 amide bonds. The second kappa shape index (κ2) is 6.80. The number of hydrogen-bond acceptors (Lipinski definition) is 3. The van der Waals surface area contributed by atoms with Gasteiger partial charge in [-0.05, 0) is 40.5 Å². The summed E-state index contributed by atoms with van der Waals surface area (Å²) < 4.78 is 24.2. The van der Waals surface area contributed by atoms with Crippen molar-refractivity contribution < 1.29 is 13.9 Å². The molecule has 5 heteroatoms. The summed E-state index contributed by atoms with van der Waals surface area (Å²) in [5.74, 6) is 1.16. The summed E-state index contributed by atoms with van der Waals surface area (Å²) in [6.07, 6.45) is 0. The molecule has 2 aromatic rings. The molecule has 0 bridgehead atoms. The summed E-state index contributed by atoms with van der Waals surface area (Å²) in [6, 6.07) is 10.6. The Morgan fingerprint density at radius 3 is 2.19 bits per heavy atom. The summed E-state index contributed by atoms with van der Waals surface area (Å²) in [7, 11) is 3.22. The van der Waals surface area contributed by atoms with Gasteiger partial charge >= 0.3 is 0 Å². The van der Waals surface area contributed by atoms with Gasteiger partial charge in [0.05, 0.1) is 18.7 Å². The van der Waals surface area contributed by atoms with E-state index in [0.717, 1.165) is 11.3 Å². The lowest BCUT2D eigenvalue weighted by Crippen LogP contribution is -2.07. The molecule has 0 aliphatic carbocycles. The normalized spacial score (nSPS) is 11.9. The molecule has 21 heavy (non-hydrogen) atoms. The van der Waals surface area contributed by atoms with Crippen LogP contribution in [0.1, 0.15) is 18.5 Å². The van der Waals surface area contributed by atoms with Gasteiger partial charge in [-0.1, -0.05) is 6.07 Å². The smallest absolute Gasteiger partial charge is 0.137 e. The summed E-state index contributed by atoms with van der Waals surface area (Å²) in [5, 5.41) is 3.35. The van der Waals surface area contributed by atoms with Gasteiger partial charge in [0.15, 0.2) is 0 Å². The van der Waals surface area contributed by atoms with Crippen LogP contribution in [0.5, 0.6) is 11.5 Å². The minimum atomic E-state index is -0.269. The molecule has 112 valence electrons. The van der Waals surface area contributed by atoms with Crippen LogP contribution in [0, 0.1) is 5.82 Å². The van der Waals surface area contributed by atoms with Crippen LogP contribution in [-0.2, 0) is 0 Å². The average Bonchev–Trinajstić information content (AvgIpc) is 2.49. The Labute approximate surface area is 132 Å². The fraction of sp³-hybridized carbons (Fsp3) is 0.250. The maximum Gasteiger partial charge on any atom is 0.137 e. The number of halogens is 2. The van der Waals surface area contributed by atoms with Crippen molar-refractivity contribution in [3.63, 3.8) is 0 Å². The highest BCUT2D eigenvalue weighted by Gasteiger charge is 2.10. The van der Waals surface area contributed by atoms with Gasteiger partial charge in [-0.25, -0.2) is 4.39 Å². The number of anilines is 1. The molecule has 0 heterocycles. The first-order valence-electron chi connectivity index (χ1n) is 6.48. The molecule has 1 atom stereocenters. The topological polar surface area (TPSA) is 30.5 Å². The highest BCUT2D eigenvalue weighted by Crippen LogP contribution is 2.29. The fourth-order valence-electron chi connectivity index (χ4n) is 2.01. The van der Waals surface area contributed by atoms with E-state index in [1.807, 2.05) is 25.1 Å². The maximum absolute atomic E-state index is 13.3. The molecule has 3 nitrogen and oxygen atoms in total. The average molecular weight is 354 g/mol. The summed E-state index contributed by atoms with van der Waals surface area (Å²) >= 11 is 3.20. The molecular formula is C16H17BrFNO2. The quantitative estimate of drug-likeness (QED) is 0.838. The highest BCUT2D eigenvalue weighted by molar-refractivity contribution is 9.10. The number of hydrogen-bond donors (Lipinski definition) is 1. The standard InChI is InChI=1S/C16H17BrFNO2/c1-10(11-4-5-16(18)15(17)6-11)19-12-7-13(20-2)9-14(8-12)21-3/h4-10,19H,1-3H3. The van der Waals surface area contributed by atoms with Crippen LogP contribution >= 0.6 is 15.9 Å². The molecule has 0 aliphatic heterocycles. The number of ether oxygens (including phenoxy) is 2. The third-order valence-electron chi connectivity index (χ3n) is 3.18. The van der Waals surface area contributed by atoms with Crippen LogP contribution in [-0.4, -0.2) is 14.2 Å². The minimum absolute atomic E-state index is 0.0127. The van der Waals surface area contributed by atoms with Gasteiger partial charge in [0.25, 0.3) is 0 Å². The Morgan fingerprint density at radius 2 is 1.67 bits per heavy atom. The maximum atomic E-state index is 13.3. The first kappa shape index (κ1) is 15.6. The Kier molecular flexibility index (Phi) is 5.07. The van der Waals surface area contributed by atoms with E-state index >= 15 is 0 Å². The van der Waals surface area contributed by atoms with E-state index in [-0.39, 0.29) is 11.9 Å². The van der Waals surface area contributed by atoms with Crippen LogP contribution in [0.25, 0.3) is 0 Å². The lowest BCUT2D eigenvalue weighted by molar-refractivity contribution is 0.394. The number of nitrogens with one attached hydrogen (secondary N) is 1. The van der Waals surface area contributed by atoms with Crippen LogP contribution in [0.3, 0.4) is 0 Å². The van der Waals surface area contributed by atoms with Crippen molar-refractivity contribution in [1.29, 1.82) is 0 Å². The zero-order valence-electron chi connectivity index (χ0n) is 12.1. The Hall–Kier alpha value is -1.75. The highest BCUT2D eigenvalue weighted by atomic mass is 79.9. The van der Waals surface area contributed by atoms with Crippen molar-refractivity contribution in [2.75, 3.05) is 19.5 Å². The van der Waals surface area contributed by atoms with Gasteiger partial charge in [0.2, 0.25) is 0 Å². The van der Waals surface area contributed by atoms with E-state index in [1.165, 1.54) is 6.07 Å². The number of benzene rings is 2. The zero-order valence-corrected chi connectivity index (χ0v) is 13.7. The number of rotatable bonds is 5. The molecule has 2 rings (SSSR count). The first-order valence-corrected chi connectivity index (χ1v) is 7.27. The molecule has 0 radical (unpaired) electrons. The predicted molar refractivity (Wildman–Crippen MR) is 85.7 cm³/mol. The Balaban J connectivity index is 2.22. The monoisotopic (exact) mass is 353 g/mol. The van der Waals surface area contributed by atoms with E-state index in [2.05, 4.69) is 21.2 Å². The lowest BCUT2D eigenvalue weighted by atomic mass is 10.1. The molecule has 0 aromatic heterocycles. The van der Waals surface area contributed by atoms with Gasteiger partial charge in [0, 0.05) is 29.9 Å². The van der Waals surface area contributed by atoms with Gasteiger partial charge in [-0.15, -0.1) is 0 Å². The molecular weight excluding hydrogens is 337 g/mol. The molecule has 0 fully saturated rings. The largest absolute Gasteiger partial charge is 0.497 e. The predicted octanol–water partition coefficient (Wildman–Crippen LogP) is 4.78. The third kappa shape index (κ3) is 3.88. The second-order valence-corrected chi connectivity index (χ2v) is 5.50. The first-order chi connectivity index (χ1) is 10.0. The lowest BCUT2D eigenvalue weighted by Gasteiger charge is -2.17. The third-order valence-corrected chi connectivity index (χ3v) is 3.79. The van der Waals surface area contributed by atoms with Gasteiger partial charge in [0.1, 0.15) is 17.3 Å². The molecule has 2 aromatic carbocycles. The van der Waals surface area contributed by atoms with Crippen LogP contribution in [0.2, 0.25) is 0 Å². The fourth-order valence-corrected chi connectivity index (χ4v) is 2.40. The van der Waals surface area contributed by atoms with Crippen LogP contribution < -0.4 is 14.8 Å². The van der Waals surface area contributed by atoms with E-state index in [4.69, 9.17) is 9.47 Å². The molecule has 1 unspecified atom stereocenters. The van der Waals surface area contributed by atoms with Crippen molar-refractivity contribution in [3.8, 4) is 11.5 Å². The van der Waals surface area contributed by atoms with E-state index in [1.54, 1.807) is 26.4 Å². The molecule has 0 aliphatic rings. The summed E-state index contributed by atoms with van der Waals surface area (Å²) in [6.45, 7) is 2.01. The van der Waals surface area contributed by atoms with Crippen LogP contribution in [0.15, 0.2) is 40.9 Å². The summed E-state index contributed by atoms with van der Waals surface area (Å²) in [4.78, 5) is 0. The van der Waals surface area contributed by atoms with Crippen molar-refractivity contribution in [2.24, 2.45) is 0 Å². The molecule has 0 spiro atoms. The van der Waals surface area contributed by atoms with Gasteiger partial charge in [-0.3, -0.25) is 0 Å². The second-order valence-electron chi connectivity index (χ2n) is 4.64. The Bertz CT molecular complexity index is 611. The van der Waals surface area contributed by atoms with Gasteiger partial charge < -0.3 is 14.8 Å². The number of methoxy groups -OCH3 is 2. The minimum Gasteiger partial charge on any atom is -0.497 e. The van der Waals surface area contributed by atoms with E-state index in [9.17, 15) is 4.39 Å². The van der Waals surface area contributed by atoms with E-state index < -0.39 is 0 Å². The molecule has 0 saturated carbocycles. The van der Waals surface area contributed by atoms with Crippen molar-refractivity contribution in [1.82, 2.24) is 0 Å². The van der Waals surface area contributed by atoms with E-state index in [0.29, 0.717) is 16.0 Å². The van der Waals surface area contributed by atoms with Crippen molar-refractivity contribution >= 4 is 21.6 Å². The zero-order chi connectivity index (χ0) is 15.4. The van der Waals surface area contributed by atoms with Gasteiger partial charge in [-0.2, -0.15) is 0 Å². The molecule has 1 N–H and O–H groups in total. The Morgan fingerprint density at radius 1 is 1.05 bits per heavy atom. The summed E-state index contributed by atoms with van der Waals surface area (Å²) in [5.41, 5.74) is 1.85. The van der Waals surface area contributed by atoms with Crippen molar-refractivity contribution in [3.05, 3.63) is 52.3 Å². The van der Waals surface area contributed by atoms with Crippen molar-refractivity contribution in [2.45, 2.75) is 13.0 Å².